The SMILES string of the molecule is COc1ccc(C(C)O)cc1OC1CCOCC1. The molecule has 100 valence electrons. The molecule has 1 saturated heterocycles. The van der Waals surface area contributed by atoms with Gasteiger partial charge in [-0.25, -0.2) is 0 Å². The van der Waals surface area contributed by atoms with Gasteiger partial charge in [-0.05, 0) is 24.6 Å². The van der Waals surface area contributed by atoms with Crippen LogP contribution in [0.4, 0.5) is 0 Å². The van der Waals surface area contributed by atoms with Crippen LogP contribution in [0.3, 0.4) is 0 Å². The van der Waals surface area contributed by atoms with E-state index < -0.39 is 6.10 Å². The highest BCUT2D eigenvalue weighted by Crippen LogP contribution is 2.32. The van der Waals surface area contributed by atoms with Gasteiger partial charge in [0.15, 0.2) is 11.5 Å². The van der Waals surface area contributed by atoms with Crippen molar-refractivity contribution in [3.05, 3.63) is 23.8 Å². The number of rotatable bonds is 4. The van der Waals surface area contributed by atoms with Crippen molar-refractivity contribution in [1.29, 1.82) is 0 Å². The van der Waals surface area contributed by atoms with E-state index in [0.29, 0.717) is 11.5 Å². The zero-order valence-corrected chi connectivity index (χ0v) is 10.9. The molecule has 0 spiro atoms. The molecule has 1 aliphatic heterocycles. The molecule has 1 atom stereocenters. The minimum Gasteiger partial charge on any atom is -0.493 e. The zero-order chi connectivity index (χ0) is 13.0. The first-order chi connectivity index (χ1) is 8.70. The fourth-order valence-electron chi connectivity index (χ4n) is 2.02. The molecular weight excluding hydrogens is 232 g/mol. The van der Waals surface area contributed by atoms with Crippen LogP contribution >= 0.6 is 0 Å². The molecule has 0 saturated carbocycles. The van der Waals surface area contributed by atoms with Gasteiger partial charge in [0.05, 0.1) is 26.4 Å². The van der Waals surface area contributed by atoms with Gasteiger partial charge in [-0.1, -0.05) is 6.07 Å². The highest BCUT2D eigenvalue weighted by molar-refractivity contribution is 5.43. The molecule has 1 aliphatic rings. The van der Waals surface area contributed by atoms with E-state index >= 15 is 0 Å². The molecule has 1 aromatic carbocycles. The summed E-state index contributed by atoms with van der Waals surface area (Å²) in [5, 5.41) is 9.60. The Balaban J connectivity index is 2.15. The molecule has 4 nitrogen and oxygen atoms in total. The number of hydrogen-bond acceptors (Lipinski definition) is 4. The molecule has 1 aromatic rings. The summed E-state index contributed by atoms with van der Waals surface area (Å²) in [5.41, 5.74) is 0.831. The van der Waals surface area contributed by atoms with E-state index in [4.69, 9.17) is 14.2 Å². The van der Waals surface area contributed by atoms with Crippen LogP contribution in [0, 0.1) is 0 Å². The third kappa shape index (κ3) is 3.15. The van der Waals surface area contributed by atoms with Crippen LogP contribution in [0.1, 0.15) is 31.4 Å². The summed E-state index contributed by atoms with van der Waals surface area (Å²) in [6.45, 7) is 3.21. The van der Waals surface area contributed by atoms with Gasteiger partial charge < -0.3 is 19.3 Å². The summed E-state index contributed by atoms with van der Waals surface area (Å²) in [6, 6.07) is 5.52. The summed E-state index contributed by atoms with van der Waals surface area (Å²) in [6.07, 6.45) is 1.44. The number of ether oxygens (including phenoxy) is 3. The molecule has 0 amide bonds. The van der Waals surface area contributed by atoms with Crippen LogP contribution in [0.25, 0.3) is 0 Å². The monoisotopic (exact) mass is 252 g/mol. The minimum absolute atomic E-state index is 0.164. The Morgan fingerprint density at radius 3 is 2.61 bits per heavy atom. The summed E-state index contributed by atoms with van der Waals surface area (Å²) in [7, 11) is 1.62. The summed E-state index contributed by atoms with van der Waals surface area (Å²) < 4.78 is 16.5. The Morgan fingerprint density at radius 2 is 2.00 bits per heavy atom. The highest BCUT2D eigenvalue weighted by Gasteiger charge is 2.18. The summed E-state index contributed by atoms with van der Waals surface area (Å²) in [4.78, 5) is 0. The normalized spacial score (nSPS) is 18.4. The van der Waals surface area contributed by atoms with Crippen molar-refractivity contribution in [2.24, 2.45) is 0 Å². The molecule has 0 bridgehead atoms. The molecule has 1 N–H and O–H groups in total. The first kappa shape index (κ1) is 13.2. The molecule has 1 fully saturated rings. The van der Waals surface area contributed by atoms with Gasteiger partial charge in [-0.2, -0.15) is 0 Å². The molecular formula is C14H20O4. The maximum Gasteiger partial charge on any atom is 0.161 e. The van der Waals surface area contributed by atoms with Gasteiger partial charge in [-0.15, -0.1) is 0 Å². The summed E-state index contributed by atoms with van der Waals surface area (Å²) >= 11 is 0. The van der Waals surface area contributed by atoms with Crippen LogP contribution in [0.2, 0.25) is 0 Å². The average Bonchev–Trinajstić information content (AvgIpc) is 2.39. The van der Waals surface area contributed by atoms with Gasteiger partial charge in [-0.3, -0.25) is 0 Å². The Morgan fingerprint density at radius 1 is 1.28 bits per heavy atom. The van der Waals surface area contributed by atoms with Crippen molar-refractivity contribution in [1.82, 2.24) is 0 Å². The maximum absolute atomic E-state index is 9.60. The fourth-order valence-corrected chi connectivity index (χ4v) is 2.02. The second-order valence-corrected chi connectivity index (χ2v) is 4.52. The molecule has 0 radical (unpaired) electrons. The number of hydrogen-bond donors (Lipinski definition) is 1. The number of benzene rings is 1. The molecule has 18 heavy (non-hydrogen) atoms. The Hall–Kier alpha value is -1.26. The van der Waals surface area contributed by atoms with Crippen LogP contribution in [-0.4, -0.2) is 31.5 Å². The average molecular weight is 252 g/mol. The molecule has 4 heteroatoms. The van der Waals surface area contributed by atoms with Crippen molar-refractivity contribution in [2.45, 2.75) is 32.0 Å². The van der Waals surface area contributed by atoms with Gasteiger partial charge >= 0.3 is 0 Å². The second-order valence-electron chi connectivity index (χ2n) is 4.52. The Kier molecular flexibility index (Phi) is 4.44. The van der Waals surface area contributed by atoms with Crippen molar-refractivity contribution < 1.29 is 19.3 Å². The van der Waals surface area contributed by atoms with Crippen LogP contribution < -0.4 is 9.47 Å². The van der Waals surface area contributed by atoms with E-state index in [-0.39, 0.29) is 6.10 Å². The zero-order valence-electron chi connectivity index (χ0n) is 10.9. The Bertz CT molecular complexity index is 383. The van der Waals surface area contributed by atoms with Gasteiger partial charge in [0.25, 0.3) is 0 Å². The second kappa shape index (κ2) is 6.07. The van der Waals surface area contributed by atoms with E-state index in [9.17, 15) is 5.11 Å². The molecule has 0 aliphatic carbocycles. The lowest BCUT2D eigenvalue weighted by atomic mass is 10.1. The lowest BCUT2D eigenvalue weighted by molar-refractivity contribution is 0.0244. The van der Waals surface area contributed by atoms with E-state index in [0.717, 1.165) is 31.6 Å². The number of aliphatic hydroxyl groups is 1. The van der Waals surface area contributed by atoms with E-state index in [1.54, 1.807) is 14.0 Å². The van der Waals surface area contributed by atoms with Crippen LogP contribution in [-0.2, 0) is 4.74 Å². The third-order valence-electron chi connectivity index (χ3n) is 3.13. The fraction of sp³-hybridized carbons (Fsp3) is 0.571. The molecule has 1 unspecified atom stereocenters. The minimum atomic E-state index is -0.507. The van der Waals surface area contributed by atoms with E-state index in [1.807, 2.05) is 18.2 Å². The van der Waals surface area contributed by atoms with Crippen molar-refractivity contribution >= 4 is 0 Å². The number of methoxy groups -OCH3 is 1. The topological polar surface area (TPSA) is 47.9 Å². The van der Waals surface area contributed by atoms with Crippen molar-refractivity contribution in [3.8, 4) is 11.5 Å². The third-order valence-corrected chi connectivity index (χ3v) is 3.13. The predicted molar refractivity (Wildman–Crippen MR) is 68.1 cm³/mol. The quantitative estimate of drug-likeness (QED) is 0.893. The molecule has 0 aromatic heterocycles. The standard InChI is InChI=1S/C14H20O4/c1-10(15)11-3-4-13(16-2)14(9-11)18-12-5-7-17-8-6-12/h3-4,9-10,12,15H,5-8H2,1-2H3. The summed E-state index contributed by atoms with van der Waals surface area (Å²) in [5.74, 6) is 1.40. The first-order valence-electron chi connectivity index (χ1n) is 6.31. The van der Waals surface area contributed by atoms with Crippen molar-refractivity contribution in [2.75, 3.05) is 20.3 Å². The maximum atomic E-state index is 9.60. The van der Waals surface area contributed by atoms with Crippen LogP contribution in [0.5, 0.6) is 11.5 Å². The van der Waals surface area contributed by atoms with Crippen molar-refractivity contribution in [3.63, 3.8) is 0 Å². The largest absolute Gasteiger partial charge is 0.493 e. The highest BCUT2D eigenvalue weighted by atomic mass is 16.5. The smallest absolute Gasteiger partial charge is 0.161 e. The van der Waals surface area contributed by atoms with E-state index in [2.05, 4.69) is 0 Å². The van der Waals surface area contributed by atoms with E-state index in [1.165, 1.54) is 0 Å². The number of aliphatic hydroxyl groups excluding tert-OH is 1. The lowest BCUT2D eigenvalue weighted by Crippen LogP contribution is -2.26. The van der Waals surface area contributed by atoms with Gasteiger partial charge in [0, 0.05) is 12.8 Å². The molecule has 2 rings (SSSR count). The lowest BCUT2D eigenvalue weighted by Gasteiger charge is -2.24. The van der Waals surface area contributed by atoms with Crippen LogP contribution in [0.15, 0.2) is 18.2 Å². The Labute approximate surface area is 107 Å². The first-order valence-corrected chi connectivity index (χ1v) is 6.31. The van der Waals surface area contributed by atoms with Gasteiger partial charge in [0.2, 0.25) is 0 Å². The van der Waals surface area contributed by atoms with Gasteiger partial charge in [0.1, 0.15) is 6.10 Å². The predicted octanol–water partition coefficient (Wildman–Crippen LogP) is 2.31. The molecule has 1 heterocycles.